The average molecular weight is 429 g/mol. The van der Waals surface area contributed by atoms with Crippen LogP contribution in [0.3, 0.4) is 0 Å². The molecule has 7 heteroatoms. The molecule has 0 aromatic heterocycles. The van der Waals surface area contributed by atoms with E-state index in [4.69, 9.17) is 4.74 Å². The number of methoxy groups -OCH3 is 1. The first-order chi connectivity index (χ1) is 15.6. The molecular formula is C25H23N3O4. The molecule has 3 aromatic carbocycles. The first-order valence-electron chi connectivity index (χ1n) is 10.3. The lowest BCUT2D eigenvalue weighted by Gasteiger charge is -2.17. The molecule has 1 saturated heterocycles. The summed E-state index contributed by atoms with van der Waals surface area (Å²) in [6.45, 7) is 0.296. The van der Waals surface area contributed by atoms with Crippen LogP contribution in [-0.4, -0.2) is 31.4 Å². The topological polar surface area (TPSA) is 87.7 Å². The Morgan fingerprint density at radius 1 is 0.875 bits per heavy atom. The molecular weight excluding hydrogens is 406 g/mol. The summed E-state index contributed by atoms with van der Waals surface area (Å²) >= 11 is 0. The fraction of sp³-hybridized carbons (Fsp3) is 0.160. The molecule has 1 aliphatic rings. The highest BCUT2D eigenvalue weighted by atomic mass is 16.5. The molecule has 32 heavy (non-hydrogen) atoms. The van der Waals surface area contributed by atoms with Crippen LogP contribution in [0.2, 0.25) is 0 Å². The molecule has 1 heterocycles. The summed E-state index contributed by atoms with van der Waals surface area (Å²) in [6, 6.07) is 23.1. The lowest BCUT2D eigenvalue weighted by Crippen LogP contribution is -2.28. The zero-order valence-corrected chi connectivity index (χ0v) is 17.6. The highest BCUT2D eigenvalue weighted by Gasteiger charge is 2.35. The second-order valence-electron chi connectivity index (χ2n) is 7.43. The minimum atomic E-state index is -0.506. The van der Waals surface area contributed by atoms with Crippen LogP contribution in [0.5, 0.6) is 5.75 Å². The predicted octanol–water partition coefficient (Wildman–Crippen LogP) is 3.94. The van der Waals surface area contributed by atoms with E-state index in [0.29, 0.717) is 29.2 Å². The van der Waals surface area contributed by atoms with Crippen molar-refractivity contribution in [2.24, 2.45) is 5.92 Å². The third kappa shape index (κ3) is 4.46. The molecule has 0 aliphatic carbocycles. The fourth-order valence-electron chi connectivity index (χ4n) is 3.70. The smallest absolute Gasteiger partial charge is 0.257 e. The van der Waals surface area contributed by atoms with Gasteiger partial charge >= 0.3 is 0 Å². The van der Waals surface area contributed by atoms with Crippen molar-refractivity contribution < 1.29 is 19.1 Å². The number of amides is 3. The van der Waals surface area contributed by atoms with E-state index in [2.05, 4.69) is 10.6 Å². The van der Waals surface area contributed by atoms with Gasteiger partial charge in [0.25, 0.3) is 5.91 Å². The molecule has 2 N–H and O–H groups in total. The van der Waals surface area contributed by atoms with Gasteiger partial charge < -0.3 is 20.3 Å². The average Bonchev–Trinajstić information content (AvgIpc) is 3.22. The van der Waals surface area contributed by atoms with E-state index in [0.717, 1.165) is 5.69 Å². The molecule has 162 valence electrons. The highest BCUT2D eigenvalue weighted by molar-refractivity contribution is 6.11. The monoisotopic (exact) mass is 429 g/mol. The normalized spacial score (nSPS) is 15.3. The fourth-order valence-corrected chi connectivity index (χ4v) is 3.70. The van der Waals surface area contributed by atoms with Crippen LogP contribution < -0.4 is 20.3 Å². The number of ether oxygens (including phenoxy) is 1. The van der Waals surface area contributed by atoms with Gasteiger partial charge in [0.1, 0.15) is 5.75 Å². The Bertz CT molecular complexity index is 1150. The molecule has 4 rings (SSSR count). The van der Waals surface area contributed by atoms with Gasteiger partial charge in [-0.1, -0.05) is 42.5 Å². The number of hydrogen-bond acceptors (Lipinski definition) is 4. The van der Waals surface area contributed by atoms with Crippen molar-refractivity contribution in [1.82, 2.24) is 0 Å². The molecule has 3 aromatic rings. The Kier molecular flexibility index (Phi) is 6.17. The van der Waals surface area contributed by atoms with Gasteiger partial charge in [-0.3, -0.25) is 14.4 Å². The van der Waals surface area contributed by atoms with Crippen molar-refractivity contribution in [2.75, 3.05) is 29.2 Å². The zero-order valence-electron chi connectivity index (χ0n) is 17.6. The Hall–Kier alpha value is -4.13. The number of anilines is 3. The Labute approximate surface area is 186 Å². The summed E-state index contributed by atoms with van der Waals surface area (Å²) < 4.78 is 5.28. The van der Waals surface area contributed by atoms with E-state index in [1.807, 2.05) is 36.4 Å². The van der Waals surface area contributed by atoms with E-state index in [1.54, 1.807) is 47.4 Å². The second kappa shape index (κ2) is 9.34. The van der Waals surface area contributed by atoms with Crippen molar-refractivity contribution in [2.45, 2.75) is 6.42 Å². The standard InChI is InChI=1S/C25H23N3O4/c1-32-22-14-8-7-13-21(22)27-25(31)19-11-5-6-12-20(19)26-24(30)17-15-23(29)28(16-17)18-9-3-2-4-10-18/h2-14,17H,15-16H2,1H3,(H,26,30)(H,27,31)/t17-/m0/s1. The molecule has 7 nitrogen and oxygen atoms in total. The summed E-state index contributed by atoms with van der Waals surface area (Å²) in [4.78, 5) is 39.9. The van der Waals surface area contributed by atoms with Gasteiger partial charge in [0.15, 0.2) is 0 Å². The van der Waals surface area contributed by atoms with Crippen LogP contribution in [0.25, 0.3) is 0 Å². The van der Waals surface area contributed by atoms with Gasteiger partial charge in [-0.15, -0.1) is 0 Å². The largest absolute Gasteiger partial charge is 0.495 e. The van der Waals surface area contributed by atoms with Gasteiger partial charge in [-0.25, -0.2) is 0 Å². The van der Waals surface area contributed by atoms with Crippen LogP contribution in [0, 0.1) is 5.92 Å². The van der Waals surface area contributed by atoms with Crippen molar-refractivity contribution in [3.8, 4) is 5.75 Å². The number of nitrogens with zero attached hydrogens (tertiary/aromatic N) is 1. The first kappa shape index (κ1) is 21.1. The van der Waals surface area contributed by atoms with Gasteiger partial charge in [0.2, 0.25) is 11.8 Å². The van der Waals surface area contributed by atoms with Crippen LogP contribution >= 0.6 is 0 Å². The second-order valence-corrected chi connectivity index (χ2v) is 7.43. The highest BCUT2D eigenvalue weighted by Crippen LogP contribution is 2.28. The van der Waals surface area contributed by atoms with E-state index in [1.165, 1.54) is 7.11 Å². The summed E-state index contributed by atoms with van der Waals surface area (Å²) in [5.41, 5.74) is 2.00. The lowest BCUT2D eigenvalue weighted by atomic mass is 10.1. The van der Waals surface area contributed by atoms with Crippen LogP contribution in [0.1, 0.15) is 16.8 Å². The number of rotatable bonds is 6. The van der Waals surface area contributed by atoms with E-state index in [-0.39, 0.29) is 24.1 Å². The van der Waals surface area contributed by atoms with Gasteiger partial charge in [0, 0.05) is 18.7 Å². The Morgan fingerprint density at radius 2 is 1.53 bits per heavy atom. The maximum atomic E-state index is 12.9. The molecule has 3 amide bonds. The SMILES string of the molecule is COc1ccccc1NC(=O)c1ccccc1NC(=O)[C@H]1CC(=O)N(c2ccccc2)C1. The number of carbonyl (C=O) groups excluding carboxylic acids is 3. The lowest BCUT2D eigenvalue weighted by molar-refractivity contribution is -0.122. The van der Waals surface area contributed by atoms with Crippen molar-refractivity contribution in [1.29, 1.82) is 0 Å². The van der Waals surface area contributed by atoms with Crippen LogP contribution in [0.15, 0.2) is 78.9 Å². The number of carbonyl (C=O) groups is 3. The van der Waals surface area contributed by atoms with Crippen molar-refractivity contribution in [3.63, 3.8) is 0 Å². The minimum Gasteiger partial charge on any atom is -0.495 e. The number of benzene rings is 3. The molecule has 0 saturated carbocycles. The third-order valence-corrected chi connectivity index (χ3v) is 5.35. The quantitative estimate of drug-likeness (QED) is 0.621. The molecule has 1 atom stereocenters. The maximum Gasteiger partial charge on any atom is 0.257 e. The molecule has 0 bridgehead atoms. The summed E-state index contributed by atoms with van der Waals surface area (Å²) in [6.07, 6.45) is 0.121. The first-order valence-corrected chi connectivity index (χ1v) is 10.3. The van der Waals surface area contributed by atoms with E-state index < -0.39 is 5.92 Å². The minimum absolute atomic E-state index is 0.0986. The molecule has 0 spiro atoms. The third-order valence-electron chi connectivity index (χ3n) is 5.35. The van der Waals surface area contributed by atoms with Gasteiger partial charge in [-0.2, -0.15) is 0 Å². The summed E-state index contributed by atoms with van der Waals surface area (Å²) in [5.74, 6) is -0.743. The maximum absolute atomic E-state index is 12.9. The van der Waals surface area contributed by atoms with Crippen LogP contribution in [-0.2, 0) is 9.59 Å². The van der Waals surface area contributed by atoms with Gasteiger partial charge in [-0.05, 0) is 36.4 Å². The number of hydrogen-bond donors (Lipinski definition) is 2. The van der Waals surface area contributed by atoms with Crippen LogP contribution in [0.4, 0.5) is 17.1 Å². The van der Waals surface area contributed by atoms with Gasteiger partial charge in [0.05, 0.1) is 30.0 Å². The van der Waals surface area contributed by atoms with E-state index in [9.17, 15) is 14.4 Å². The van der Waals surface area contributed by atoms with Crippen molar-refractivity contribution in [3.05, 3.63) is 84.4 Å². The summed E-state index contributed by atoms with van der Waals surface area (Å²) in [7, 11) is 1.53. The number of para-hydroxylation sites is 4. The summed E-state index contributed by atoms with van der Waals surface area (Å²) in [5, 5.41) is 5.65. The van der Waals surface area contributed by atoms with Crippen molar-refractivity contribution >= 4 is 34.8 Å². The van der Waals surface area contributed by atoms with E-state index >= 15 is 0 Å². The zero-order chi connectivity index (χ0) is 22.5. The number of nitrogens with one attached hydrogen (secondary N) is 2. The Balaban J connectivity index is 1.48. The predicted molar refractivity (Wildman–Crippen MR) is 123 cm³/mol. The Morgan fingerprint density at radius 3 is 2.28 bits per heavy atom. The molecule has 1 fully saturated rings. The molecule has 0 radical (unpaired) electrons. The molecule has 0 unspecified atom stereocenters. The molecule has 1 aliphatic heterocycles.